The number of carbonyl (C=O) groups excluding carboxylic acids is 1. The van der Waals surface area contributed by atoms with Gasteiger partial charge in [0, 0.05) is 41.7 Å². The fourth-order valence-electron chi connectivity index (χ4n) is 8.29. The van der Waals surface area contributed by atoms with Crippen LogP contribution in [0.4, 0.5) is 0 Å². The van der Waals surface area contributed by atoms with Crippen molar-refractivity contribution in [1.29, 1.82) is 0 Å². The van der Waals surface area contributed by atoms with E-state index >= 15 is 0 Å². The summed E-state index contributed by atoms with van der Waals surface area (Å²) in [5.74, 6) is 2.30. The number of hydrogen-bond acceptors (Lipinski definition) is 4. The number of rotatable bonds is 0. The maximum Gasteiger partial charge on any atom is 0.142 e. The minimum absolute atomic E-state index is 0. The SMILES string of the molecule is C[C@]12CCC3C(C1[C@@H]1C[C@@H]1C2=O)[C@@H](O)[C@H]1O[C@]12C[C@@H](O)CC[C@]32C.P.[V]. The zero-order valence-electron chi connectivity index (χ0n) is 15.7. The zero-order chi connectivity index (χ0) is 16.6. The first-order chi connectivity index (χ1) is 11.3. The predicted octanol–water partition coefficient (Wildman–Crippen LogP) is 1.97. The number of aliphatic hydroxyl groups is 2. The van der Waals surface area contributed by atoms with Crippen molar-refractivity contribution in [2.45, 2.75) is 76.3 Å². The molecule has 0 amide bonds. The van der Waals surface area contributed by atoms with Gasteiger partial charge >= 0.3 is 0 Å². The van der Waals surface area contributed by atoms with Crippen LogP contribution in [0.2, 0.25) is 0 Å². The molecule has 5 saturated carbocycles. The van der Waals surface area contributed by atoms with Crippen molar-refractivity contribution in [2.24, 2.45) is 40.4 Å². The van der Waals surface area contributed by atoms with Crippen molar-refractivity contribution in [3.63, 3.8) is 0 Å². The van der Waals surface area contributed by atoms with Crippen LogP contribution in [0.3, 0.4) is 0 Å². The van der Waals surface area contributed by atoms with Gasteiger partial charge < -0.3 is 14.9 Å². The Kier molecular flexibility index (Phi) is 4.27. The number of hydrogen-bond donors (Lipinski definition) is 2. The third-order valence-corrected chi connectivity index (χ3v) is 9.56. The number of ketones is 1. The molecule has 6 aliphatic rings. The Morgan fingerprint density at radius 2 is 1.88 bits per heavy atom. The van der Waals surface area contributed by atoms with Gasteiger partial charge in [0.25, 0.3) is 0 Å². The molecule has 1 saturated heterocycles. The molecule has 0 aromatic heterocycles. The topological polar surface area (TPSA) is 70.1 Å². The maximum atomic E-state index is 12.8. The Morgan fingerprint density at radius 1 is 1.15 bits per heavy atom. The van der Waals surface area contributed by atoms with Gasteiger partial charge in [0.15, 0.2) is 0 Å². The smallest absolute Gasteiger partial charge is 0.142 e. The van der Waals surface area contributed by atoms with Gasteiger partial charge in [-0.3, -0.25) is 4.79 Å². The number of Topliss-reactive ketones (excluding diaryl/α,β-unsaturated/α-hetero) is 1. The summed E-state index contributed by atoms with van der Waals surface area (Å²) in [6, 6.07) is 0. The minimum atomic E-state index is -0.454. The van der Waals surface area contributed by atoms with Crippen LogP contribution in [-0.4, -0.2) is 39.9 Å². The average molecular weight is 417 g/mol. The molecule has 4 nitrogen and oxygen atoms in total. The average Bonchev–Trinajstić information content (AvgIpc) is 3.43. The first-order valence-electron chi connectivity index (χ1n) is 9.92. The number of aliphatic hydroxyl groups excluding tert-OH is 2. The summed E-state index contributed by atoms with van der Waals surface area (Å²) >= 11 is 0. The fraction of sp³-hybridized carbons (Fsp3) is 0.950. The molecule has 1 heterocycles. The molecule has 6 fully saturated rings. The van der Waals surface area contributed by atoms with E-state index in [1.807, 2.05) is 0 Å². The maximum absolute atomic E-state index is 12.8. The van der Waals surface area contributed by atoms with E-state index < -0.39 is 6.10 Å². The summed E-state index contributed by atoms with van der Waals surface area (Å²) in [5, 5.41) is 21.4. The van der Waals surface area contributed by atoms with Crippen LogP contribution in [0.1, 0.15) is 52.4 Å². The standard InChI is InChI=1S/C20H28O4.H3P.V/c1-18-5-4-12-13(14(18)10-7-11(10)16(18)23)15(22)17-20(24-17)8-9(21)3-6-19(12,20)2;;/h9-15,17,21-22H,3-8H2,1-2H3;1H3;/t9-,10+,11-,12?,13?,14?,15+,17+,18-,19+,20+;;/m0../s1. The van der Waals surface area contributed by atoms with E-state index in [9.17, 15) is 15.0 Å². The normalized spacial score (nSPS) is 63.8. The van der Waals surface area contributed by atoms with E-state index in [1.54, 1.807) is 0 Å². The third kappa shape index (κ3) is 1.95. The molecule has 1 radical (unpaired) electrons. The third-order valence-electron chi connectivity index (χ3n) is 9.56. The largest absolute Gasteiger partial charge is 0.393 e. The molecule has 1 spiro atoms. The first-order valence-corrected chi connectivity index (χ1v) is 9.92. The van der Waals surface area contributed by atoms with Crippen LogP contribution in [0.25, 0.3) is 0 Å². The Hall–Kier alpha value is 0.564. The molecule has 1 aliphatic heterocycles. The molecule has 4 unspecified atom stereocenters. The van der Waals surface area contributed by atoms with Crippen molar-refractivity contribution in [2.75, 3.05) is 0 Å². The van der Waals surface area contributed by atoms with Gasteiger partial charge in [0.05, 0.1) is 12.2 Å². The number of fused-ring (bicyclic) bond motifs is 6. The molecule has 0 bridgehead atoms. The second-order valence-corrected chi connectivity index (χ2v) is 10.3. The predicted molar refractivity (Wildman–Crippen MR) is 97.1 cm³/mol. The molecular weight excluding hydrogens is 386 g/mol. The Morgan fingerprint density at radius 3 is 2.62 bits per heavy atom. The Bertz CT molecular complexity index is 660. The molecule has 12 atom stereocenters. The van der Waals surface area contributed by atoms with Crippen LogP contribution in [0, 0.1) is 40.4 Å². The second kappa shape index (κ2) is 5.58. The molecule has 5 aliphatic carbocycles. The summed E-state index contributed by atoms with van der Waals surface area (Å²) in [4.78, 5) is 12.8. The van der Waals surface area contributed by atoms with E-state index in [0.717, 1.165) is 32.1 Å². The summed E-state index contributed by atoms with van der Waals surface area (Å²) in [5.41, 5.74) is -0.447. The number of carbonyl (C=O) groups is 1. The minimum Gasteiger partial charge on any atom is -0.393 e. The molecule has 6 rings (SSSR count). The summed E-state index contributed by atoms with van der Waals surface area (Å²) in [6.45, 7) is 4.53. The molecule has 6 heteroatoms. The Labute approximate surface area is 170 Å². The molecule has 26 heavy (non-hydrogen) atoms. The molecule has 2 N–H and O–H groups in total. The van der Waals surface area contributed by atoms with Crippen molar-refractivity contribution >= 4 is 15.7 Å². The van der Waals surface area contributed by atoms with E-state index in [0.29, 0.717) is 35.9 Å². The van der Waals surface area contributed by atoms with Crippen molar-refractivity contribution in [3.05, 3.63) is 0 Å². The van der Waals surface area contributed by atoms with E-state index in [4.69, 9.17) is 4.74 Å². The monoisotopic (exact) mass is 417 g/mol. The quantitative estimate of drug-likeness (QED) is 0.467. The van der Waals surface area contributed by atoms with Crippen LogP contribution in [0.5, 0.6) is 0 Å². The van der Waals surface area contributed by atoms with Gasteiger partial charge in [-0.15, -0.1) is 0 Å². The van der Waals surface area contributed by atoms with Gasteiger partial charge in [-0.1, -0.05) is 13.8 Å². The Balaban J connectivity index is 0.000000841. The van der Waals surface area contributed by atoms with E-state index in [1.165, 1.54) is 0 Å². The van der Waals surface area contributed by atoms with Gasteiger partial charge in [-0.05, 0) is 55.8 Å². The van der Waals surface area contributed by atoms with E-state index in [2.05, 4.69) is 13.8 Å². The van der Waals surface area contributed by atoms with Crippen molar-refractivity contribution in [3.8, 4) is 0 Å². The van der Waals surface area contributed by atoms with Crippen LogP contribution < -0.4 is 0 Å². The van der Waals surface area contributed by atoms with Crippen molar-refractivity contribution in [1.82, 2.24) is 0 Å². The number of ether oxygens (including phenoxy) is 1. The van der Waals surface area contributed by atoms with Crippen LogP contribution in [-0.2, 0) is 28.1 Å². The zero-order valence-corrected chi connectivity index (χ0v) is 18.5. The van der Waals surface area contributed by atoms with Crippen molar-refractivity contribution < 1.29 is 38.3 Å². The van der Waals surface area contributed by atoms with Crippen LogP contribution in [0.15, 0.2) is 0 Å². The van der Waals surface area contributed by atoms with Gasteiger partial charge in [0.2, 0.25) is 0 Å². The number of epoxide rings is 1. The van der Waals surface area contributed by atoms with Gasteiger partial charge in [-0.2, -0.15) is 9.90 Å². The van der Waals surface area contributed by atoms with Crippen LogP contribution >= 0.6 is 9.90 Å². The van der Waals surface area contributed by atoms with Gasteiger partial charge in [0.1, 0.15) is 17.5 Å². The first kappa shape index (κ1) is 19.9. The molecule has 145 valence electrons. The summed E-state index contributed by atoms with van der Waals surface area (Å²) < 4.78 is 6.21. The second-order valence-electron chi connectivity index (χ2n) is 10.3. The van der Waals surface area contributed by atoms with E-state index in [-0.39, 0.29) is 63.0 Å². The fourth-order valence-corrected chi connectivity index (χ4v) is 8.29. The summed E-state index contributed by atoms with van der Waals surface area (Å²) in [7, 11) is 0. The summed E-state index contributed by atoms with van der Waals surface area (Å²) in [6.07, 6.45) is 4.73. The van der Waals surface area contributed by atoms with Gasteiger partial charge in [-0.25, -0.2) is 0 Å². The molecule has 0 aromatic rings. The molecular formula is C20H31O4PV. The molecule has 0 aromatic carbocycles.